The van der Waals surface area contributed by atoms with Crippen molar-refractivity contribution in [2.45, 2.75) is 18.8 Å². The summed E-state index contributed by atoms with van der Waals surface area (Å²) in [7, 11) is 0. The highest BCUT2D eigenvalue weighted by atomic mass is 35.5. The quantitative estimate of drug-likeness (QED) is 0.745. The number of Topliss-reactive ketones (excluding diaryl/α,β-unsaturated/α-hetero) is 1. The fraction of sp³-hybridized carbons (Fsp3) is 0.158. The van der Waals surface area contributed by atoms with Gasteiger partial charge in [-0.15, -0.1) is 0 Å². The second-order valence-corrected chi connectivity index (χ2v) is 6.20. The molecule has 0 aliphatic rings. The van der Waals surface area contributed by atoms with Gasteiger partial charge in [0.05, 0.1) is 17.0 Å². The molecule has 26 heavy (non-hydrogen) atoms. The summed E-state index contributed by atoms with van der Waals surface area (Å²) < 4.78 is 12.9. The molecule has 3 rings (SSSR count). The maximum Gasteiger partial charge on any atom is 0.258 e. The second kappa shape index (κ2) is 7.46. The molecule has 2 aromatic carbocycles. The van der Waals surface area contributed by atoms with E-state index in [1.165, 1.54) is 24.3 Å². The van der Waals surface area contributed by atoms with Crippen molar-refractivity contribution >= 4 is 28.3 Å². The third-order valence-corrected chi connectivity index (χ3v) is 4.22. The average molecular weight is 370 g/mol. The van der Waals surface area contributed by atoms with Gasteiger partial charge in [0.2, 0.25) is 0 Å². The molecule has 0 fully saturated rings. The van der Waals surface area contributed by atoms with Gasteiger partial charge < -0.3 is 4.98 Å². The minimum absolute atomic E-state index is 0.00336. The zero-order valence-electron chi connectivity index (χ0n) is 13.5. The van der Waals surface area contributed by atoms with Crippen LogP contribution in [0.1, 0.15) is 23.7 Å². The van der Waals surface area contributed by atoms with E-state index in [1.54, 1.807) is 18.2 Å². The molecule has 0 spiro atoms. The number of carbonyl (C=O) groups excluding carboxylic acids is 1. The first kappa shape index (κ1) is 17.8. The normalized spacial score (nSPS) is 11.9. The van der Waals surface area contributed by atoms with Gasteiger partial charge in [0.25, 0.3) is 5.56 Å². The maximum atomic E-state index is 12.9. The van der Waals surface area contributed by atoms with E-state index in [-0.39, 0.29) is 23.8 Å². The zero-order valence-corrected chi connectivity index (χ0v) is 14.3. The van der Waals surface area contributed by atoms with Crippen molar-refractivity contribution in [1.82, 2.24) is 9.97 Å². The van der Waals surface area contributed by atoms with Crippen molar-refractivity contribution in [2.75, 3.05) is 0 Å². The van der Waals surface area contributed by atoms with Crippen molar-refractivity contribution in [3.8, 4) is 6.07 Å². The number of aromatic nitrogens is 2. The fourth-order valence-corrected chi connectivity index (χ4v) is 2.78. The minimum atomic E-state index is -1.19. The van der Waals surface area contributed by atoms with Gasteiger partial charge in [-0.2, -0.15) is 5.26 Å². The smallest absolute Gasteiger partial charge is 0.258 e. The van der Waals surface area contributed by atoms with Gasteiger partial charge in [0.15, 0.2) is 11.7 Å². The van der Waals surface area contributed by atoms with E-state index >= 15 is 0 Å². The largest absolute Gasteiger partial charge is 0.308 e. The Morgan fingerprint density at radius 2 is 2.00 bits per heavy atom. The Hall–Kier alpha value is -3.04. The van der Waals surface area contributed by atoms with Gasteiger partial charge in [-0.05, 0) is 42.3 Å². The first-order chi connectivity index (χ1) is 12.5. The number of hydrogen-bond donors (Lipinski definition) is 1. The summed E-state index contributed by atoms with van der Waals surface area (Å²) in [6, 6.07) is 12.3. The molecule has 7 heteroatoms. The first-order valence-corrected chi connectivity index (χ1v) is 8.22. The molecule has 0 radical (unpaired) electrons. The topological polar surface area (TPSA) is 86.6 Å². The molecule has 3 aromatic rings. The van der Waals surface area contributed by atoms with E-state index in [1.807, 2.05) is 6.07 Å². The van der Waals surface area contributed by atoms with Gasteiger partial charge in [0, 0.05) is 11.4 Å². The average Bonchev–Trinajstić information content (AvgIpc) is 2.61. The summed E-state index contributed by atoms with van der Waals surface area (Å²) in [6.07, 6.45) is 0.433. The SMILES string of the molecule is N#CC(C(=O)CCc1ccc(F)cc1)c1nc2cc(Cl)ccc2c(=O)[nH]1. The molecular weight excluding hydrogens is 357 g/mol. The Morgan fingerprint density at radius 3 is 2.69 bits per heavy atom. The molecule has 1 atom stereocenters. The number of nitrogens with zero attached hydrogens (tertiary/aromatic N) is 2. The summed E-state index contributed by atoms with van der Waals surface area (Å²) in [6.45, 7) is 0. The zero-order chi connectivity index (χ0) is 18.7. The van der Waals surface area contributed by atoms with Crippen molar-refractivity contribution < 1.29 is 9.18 Å². The first-order valence-electron chi connectivity index (χ1n) is 7.84. The number of ketones is 1. The van der Waals surface area contributed by atoms with Crippen molar-refractivity contribution in [2.24, 2.45) is 0 Å². The van der Waals surface area contributed by atoms with Crippen molar-refractivity contribution in [3.05, 3.63) is 75.0 Å². The van der Waals surface area contributed by atoms with E-state index < -0.39 is 11.5 Å². The number of aromatic amines is 1. The Bertz CT molecular complexity index is 1070. The van der Waals surface area contributed by atoms with Gasteiger partial charge in [-0.1, -0.05) is 23.7 Å². The molecule has 0 amide bonds. The highest BCUT2D eigenvalue weighted by Gasteiger charge is 2.23. The molecule has 1 aromatic heterocycles. The molecule has 0 bridgehead atoms. The van der Waals surface area contributed by atoms with Crippen LogP contribution in [0.4, 0.5) is 4.39 Å². The summed E-state index contributed by atoms with van der Waals surface area (Å²) >= 11 is 5.92. The third kappa shape index (κ3) is 3.79. The van der Waals surface area contributed by atoms with Gasteiger partial charge in [-0.25, -0.2) is 9.37 Å². The van der Waals surface area contributed by atoms with E-state index in [9.17, 15) is 19.2 Å². The third-order valence-electron chi connectivity index (χ3n) is 3.98. The monoisotopic (exact) mass is 369 g/mol. The lowest BCUT2D eigenvalue weighted by molar-refractivity contribution is -0.119. The number of benzene rings is 2. The molecule has 0 saturated carbocycles. The van der Waals surface area contributed by atoms with E-state index in [2.05, 4.69) is 9.97 Å². The van der Waals surface area contributed by atoms with Crippen LogP contribution in [-0.4, -0.2) is 15.8 Å². The van der Waals surface area contributed by atoms with Crippen LogP contribution in [0.3, 0.4) is 0 Å². The number of halogens is 2. The Balaban J connectivity index is 1.84. The van der Waals surface area contributed by atoms with Gasteiger partial charge in [0.1, 0.15) is 11.6 Å². The van der Waals surface area contributed by atoms with Crippen LogP contribution in [0.2, 0.25) is 5.02 Å². The van der Waals surface area contributed by atoms with Crippen LogP contribution in [0.5, 0.6) is 0 Å². The lowest BCUT2D eigenvalue weighted by Gasteiger charge is -2.09. The second-order valence-electron chi connectivity index (χ2n) is 5.77. The van der Waals surface area contributed by atoms with Crippen LogP contribution in [-0.2, 0) is 11.2 Å². The van der Waals surface area contributed by atoms with Crippen LogP contribution in [0.15, 0.2) is 47.3 Å². The summed E-state index contributed by atoms with van der Waals surface area (Å²) in [5, 5.41) is 10.1. The summed E-state index contributed by atoms with van der Waals surface area (Å²) in [4.78, 5) is 31.3. The summed E-state index contributed by atoms with van der Waals surface area (Å²) in [5.41, 5.74) is 0.666. The van der Waals surface area contributed by atoms with Crippen LogP contribution in [0.25, 0.3) is 10.9 Å². The van der Waals surface area contributed by atoms with E-state index in [4.69, 9.17) is 11.6 Å². The number of fused-ring (bicyclic) bond motifs is 1. The molecule has 1 N–H and O–H groups in total. The molecule has 0 aliphatic heterocycles. The minimum Gasteiger partial charge on any atom is -0.308 e. The molecule has 0 saturated heterocycles. The Kier molecular flexibility index (Phi) is 5.10. The maximum absolute atomic E-state index is 12.9. The highest BCUT2D eigenvalue weighted by Crippen LogP contribution is 2.19. The number of aryl methyl sites for hydroxylation is 1. The number of nitrogens with one attached hydrogen (secondary N) is 1. The number of nitriles is 1. The molecule has 1 unspecified atom stereocenters. The number of hydrogen-bond acceptors (Lipinski definition) is 4. The molecule has 0 aliphatic carbocycles. The lowest BCUT2D eigenvalue weighted by Crippen LogP contribution is -2.20. The number of H-pyrrole nitrogens is 1. The fourth-order valence-electron chi connectivity index (χ4n) is 2.62. The van der Waals surface area contributed by atoms with Gasteiger partial charge in [-0.3, -0.25) is 9.59 Å². The van der Waals surface area contributed by atoms with E-state index in [0.29, 0.717) is 22.3 Å². The predicted octanol–water partition coefficient (Wildman–Crippen LogP) is 3.52. The van der Waals surface area contributed by atoms with Crippen LogP contribution in [0, 0.1) is 17.1 Å². The van der Waals surface area contributed by atoms with Crippen LogP contribution < -0.4 is 5.56 Å². The van der Waals surface area contributed by atoms with Crippen molar-refractivity contribution in [3.63, 3.8) is 0 Å². The number of rotatable bonds is 5. The molecule has 1 heterocycles. The standard InChI is InChI=1S/C19H13ClFN3O2/c20-12-4-7-14-16(9-12)23-18(24-19(14)26)15(10-22)17(25)8-3-11-1-5-13(21)6-2-11/h1-2,4-7,9,15H,3,8H2,(H,23,24,26). The number of carbonyl (C=O) groups is 1. The molecule has 5 nitrogen and oxygen atoms in total. The highest BCUT2D eigenvalue weighted by molar-refractivity contribution is 6.31. The van der Waals surface area contributed by atoms with Crippen LogP contribution >= 0.6 is 11.6 Å². The Labute approximate surface area is 153 Å². The predicted molar refractivity (Wildman–Crippen MR) is 95.5 cm³/mol. The molecule has 130 valence electrons. The summed E-state index contributed by atoms with van der Waals surface area (Å²) in [5.74, 6) is -1.92. The lowest BCUT2D eigenvalue weighted by atomic mass is 9.98. The molecular formula is C19H13ClFN3O2. The van der Waals surface area contributed by atoms with Crippen molar-refractivity contribution in [1.29, 1.82) is 5.26 Å². The van der Waals surface area contributed by atoms with Gasteiger partial charge >= 0.3 is 0 Å². The van der Waals surface area contributed by atoms with E-state index in [0.717, 1.165) is 5.56 Å². The Morgan fingerprint density at radius 1 is 1.27 bits per heavy atom.